The van der Waals surface area contributed by atoms with Crippen molar-refractivity contribution >= 4 is 16.0 Å². The maximum atomic E-state index is 14.0. The molecule has 0 spiro atoms. The summed E-state index contributed by atoms with van der Waals surface area (Å²) in [7, 11) is -7.56. The lowest BCUT2D eigenvalue weighted by molar-refractivity contribution is -0.458. The Morgan fingerprint density at radius 2 is 1.03 bits per heavy atom. The molecule has 0 fully saturated rings. The van der Waals surface area contributed by atoms with Gasteiger partial charge in [-0.05, 0) is 13.8 Å². The summed E-state index contributed by atoms with van der Waals surface area (Å²) in [6.45, 7) is 3.67. The molecule has 0 rings (SSSR count). The molecule has 0 aliphatic carbocycles. The number of halogens is 17. The van der Waals surface area contributed by atoms with Crippen LogP contribution in [0.2, 0.25) is 0 Å². The Bertz CT molecular complexity index is 1020. The number of nitrogens with one attached hydrogen (secondary N) is 1. The van der Waals surface area contributed by atoms with E-state index < -0.39 is 81.2 Å². The van der Waals surface area contributed by atoms with Crippen LogP contribution in [0.25, 0.3) is 0 Å². The molecule has 0 aromatic carbocycles. The van der Waals surface area contributed by atoms with E-state index in [1.807, 2.05) is 0 Å². The van der Waals surface area contributed by atoms with Crippen LogP contribution in [0, 0.1) is 0 Å². The average Bonchev–Trinajstić information content (AvgIpc) is 2.70. The summed E-state index contributed by atoms with van der Waals surface area (Å²) in [5.74, 6) is -53.8. The van der Waals surface area contributed by atoms with Gasteiger partial charge in [-0.3, -0.25) is 0 Å². The highest BCUT2D eigenvalue weighted by Gasteiger charge is 2.96. The second kappa shape index (κ2) is 9.84. The molecule has 0 bridgehead atoms. The minimum atomic E-state index is -8.93. The first-order valence-corrected chi connectivity index (χ1v) is 10.3. The first-order chi connectivity index (χ1) is 16.3. The number of ether oxygens (including phenoxy) is 1. The molecule has 0 heterocycles. The molecular weight excluding hydrogens is 613 g/mol. The number of carbonyl (C=O) groups excluding carboxylic acids is 1. The van der Waals surface area contributed by atoms with Crippen molar-refractivity contribution in [1.29, 1.82) is 0 Å². The standard InChI is InChI=1S/C15H12F17NO4S/c1-4-37-7(34)5(2)6(3)33-38(35,36)15(31,32)13(26,27)11(22,23)9(18,19)8(16,17)10(20,21)12(24,25)14(28,29)30/h6,33H,2,4H2,1,3H3. The summed E-state index contributed by atoms with van der Waals surface area (Å²) < 4.78 is 253. The minimum absolute atomic E-state index is 0.311. The largest absolute Gasteiger partial charge is 0.463 e. The highest BCUT2D eigenvalue weighted by atomic mass is 32.2. The quantitative estimate of drug-likeness (QED) is 0.180. The zero-order chi connectivity index (χ0) is 31.4. The van der Waals surface area contributed by atoms with Crippen molar-refractivity contribution in [2.75, 3.05) is 6.61 Å². The first-order valence-electron chi connectivity index (χ1n) is 8.87. The van der Waals surface area contributed by atoms with Gasteiger partial charge in [0.05, 0.1) is 12.6 Å². The van der Waals surface area contributed by atoms with E-state index in [0.29, 0.717) is 11.6 Å². The maximum Gasteiger partial charge on any atom is 0.460 e. The van der Waals surface area contributed by atoms with Crippen LogP contribution in [-0.4, -0.2) is 74.0 Å². The van der Waals surface area contributed by atoms with Crippen LogP contribution in [0.5, 0.6) is 0 Å². The number of hydrogen-bond acceptors (Lipinski definition) is 4. The van der Waals surface area contributed by atoms with Gasteiger partial charge in [-0.1, -0.05) is 6.58 Å². The van der Waals surface area contributed by atoms with Crippen molar-refractivity contribution in [1.82, 2.24) is 4.72 Å². The van der Waals surface area contributed by atoms with Crippen LogP contribution < -0.4 is 4.72 Å². The van der Waals surface area contributed by atoms with Crippen LogP contribution in [0.1, 0.15) is 13.8 Å². The van der Waals surface area contributed by atoms with Crippen LogP contribution in [0.15, 0.2) is 12.2 Å². The van der Waals surface area contributed by atoms with Gasteiger partial charge in [0.25, 0.3) is 10.0 Å². The number of esters is 1. The highest BCUT2D eigenvalue weighted by Crippen LogP contribution is 2.64. The van der Waals surface area contributed by atoms with E-state index in [9.17, 15) is 87.8 Å². The molecule has 23 heteroatoms. The molecule has 0 saturated carbocycles. The Morgan fingerprint density at radius 1 is 0.711 bits per heavy atom. The molecule has 0 amide bonds. The second-order valence-electron chi connectivity index (χ2n) is 7.05. The lowest BCUT2D eigenvalue weighted by Crippen LogP contribution is -2.75. The highest BCUT2D eigenvalue weighted by molar-refractivity contribution is 7.90. The van der Waals surface area contributed by atoms with E-state index in [-0.39, 0.29) is 0 Å². The first kappa shape index (κ1) is 35.9. The Hall–Kier alpha value is -2.07. The van der Waals surface area contributed by atoms with Gasteiger partial charge >= 0.3 is 52.9 Å². The second-order valence-corrected chi connectivity index (χ2v) is 8.80. The SMILES string of the molecule is C=C(C(=O)OCC)C(C)NS(=O)(=O)C(F)(F)C(F)(F)C(F)(F)C(F)(F)C(F)(F)C(F)(F)C(F)(F)C(F)(F)F. The number of alkyl halides is 17. The van der Waals surface area contributed by atoms with Crippen LogP contribution >= 0.6 is 0 Å². The van der Waals surface area contributed by atoms with Crippen molar-refractivity contribution < 1.29 is 92.6 Å². The number of hydrogen-bond donors (Lipinski definition) is 1. The summed E-state index contributed by atoms with van der Waals surface area (Å²) in [6, 6.07) is -2.52. The number of rotatable bonds is 12. The molecule has 0 aromatic rings. The maximum absolute atomic E-state index is 14.0. The van der Waals surface area contributed by atoms with Gasteiger partial charge in [0.15, 0.2) is 0 Å². The van der Waals surface area contributed by atoms with Crippen LogP contribution in [0.4, 0.5) is 74.6 Å². The molecule has 38 heavy (non-hydrogen) atoms. The Balaban J connectivity index is 6.79. The van der Waals surface area contributed by atoms with Gasteiger partial charge in [-0.15, -0.1) is 0 Å². The molecule has 0 aliphatic heterocycles. The lowest BCUT2D eigenvalue weighted by Gasteiger charge is -2.42. The van der Waals surface area contributed by atoms with Gasteiger partial charge in [0, 0.05) is 5.57 Å². The third-order valence-electron chi connectivity index (χ3n) is 4.42. The van der Waals surface area contributed by atoms with Crippen molar-refractivity contribution in [2.24, 2.45) is 0 Å². The topological polar surface area (TPSA) is 72.5 Å². The molecule has 5 nitrogen and oxygen atoms in total. The van der Waals surface area contributed by atoms with Crippen molar-refractivity contribution in [3.05, 3.63) is 12.2 Å². The van der Waals surface area contributed by atoms with Gasteiger partial charge in [-0.2, -0.15) is 74.6 Å². The smallest absolute Gasteiger partial charge is 0.460 e. The minimum Gasteiger partial charge on any atom is -0.463 e. The van der Waals surface area contributed by atoms with E-state index in [1.165, 1.54) is 0 Å². The Kier molecular flexibility index (Phi) is 9.30. The summed E-state index contributed by atoms with van der Waals surface area (Å²) >= 11 is 0. The molecule has 0 aromatic heterocycles. The van der Waals surface area contributed by atoms with E-state index in [2.05, 4.69) is 11.3 Å². The fourth-order valence-electron chi connectivity index (χ4n) is 2.10. The van der Waals surface area contributed by atoms with E-state index in [4.69, 9.17) is 0 Å². The average molecular weight is 625 g/mol. The van der Waals surface area contributed by atoms with Gasteiger partial charge in [0.2, 0.25) is 0 Å². The molecule has 1 atom stereocenters. The molecule has 1 N–H and O–H groups in total. The summed E-state index contributed by atoms with van der Waals surface area (Å²) in [5.41, 5.74) is -1.23. The van der Waals surface area contributed by atoms with Crippen LogP contribution in [-0.2, 0) is 19.6 Å². The Morgan fingerprint density at radius 3 is 1.34 bits per heavy atom. The van der Waals surface area contributed by atoms with E-state index in [0.717, 1.165) is 6.92 Å². The lowest BCUT2D eigenvalue weighted by atomic mass is 9.91. The molecule has 0 saturated heterocycles. The molecule has 1 unspecified atom stereocenters. The predicted molar refractivity (Wildman–Crippen MR) is 88.0 cm³/mol. The number of sulfonamides is 1. The van der Waals surface area contributed by atoms with E-state index in [1.54, 1.807) is 0 Å². The summed E-state index contributed by atoms with van der Waals surface area (Å²) in [4.78, 5) is 11.4. The monoisotopic (exact) mass is 625 g/mol. The molecule has 226 valence electrons. The van der Waals surface area contributed by atoms with Gasteiger partial charge in [0.1, 0.15) is 0 Å². The van der Waals surface area contributed by atoms with Crippen molar-refractivity contribution in [3.8, 4) is 0 Å². The van der Waals surface area contributed by atoms with Crippen LogP contribution in [0.3, 0.4) is 0 Å². The third-order valence-corrected chi connectivity index (χ3v) is 6.02. The fourth-order valence-corrected chi connectivity index (χ4v) is 3.32. The fraction of sp³-hybridized carbons (Fsp3) is 0.800. The Labute approximate surface area is 200 Å². The summed E-state index contributed by atoms with van der Waals surface area (Å²) in [5, 5.41) is -7.74. The van der Waals surface area contributed by atoms with E-state index >= 15 is 0 Å². The predicted octanol–water partition coefficient (Wildman–Crippen LogP) is 5.38. The normalized spacial score (nSPS) is 16.3. The number of carbonyl (C=O) groups is 1. The van der Waals surface area contributed by atoms with Crippen molar-refractivity contribution in [3.63, 3.8) is 0 Å². The summed E-state index contributed by atoms with van der Waals surface area (Å²) in [6.07, 6.45) is -7.91. The molecule has 0 radical (unpaired) electrons. The zero-order valence-electron chi connectivity index (χ0n) is 18.0. The van der Waals surface area contributed by atoms with Gasteiger partial charge in [-0.25, -0.2) is 17.9 Å². The molecule has 0 aliphatic rings. The molecular formula is C15H12F17NO4S. The zero-order valence-corrected chi connectivity index (χ0v) is 18.8. The third kappa shape index (κ3) is 4.98. The van der Waals surface area contributed by atoms with Gasteiger partial charge < -0.3 is 4.74 Å². The van der Waals surface area contributed by atoms with Crippen molar-refractivity contribution in [2.45, 2.75) is 66.9 Å².